The van der Waals surface area contributed by atoms with Crippen LogP contribution in [0.25, 0.3) is 0 Å². The second-order valence-electron chi connectivity index (χ2n) is 4.29. The van der Waals surface area contributed by atoms with Crippen LogP contribution in [-0.2, 0) is 0 Å². The van der Waals surface area contributed by atoms with Crippen LogP contribution in [0.15, 0.2) is 12.1 Å². The zero-order chi connectivity index (χ0) is 20.9. The number of alkyl halides is 9. The van der Waals surface area contributed by atoms with Crippen molar-refractivity contribution < 1.29 is 47.7 Å². The third-order valence-corrected chi connectivity index (χ3v) is 3.00. The minimum Gasteiger partial charge on any atom is -0.199 e. The zero-order valence-electron chi connectivity index (χ0n) is 15.2. The van der Waals surface area contributed by atoms with E-state index in [0.29, 0.717) is 0 Å². The minimum atomic E-state index is -7.22. The minimum absolute atomic E-state index is 1.30. The number of allylic oxidation sites excluding steroid dienone is 2. The molecular weight excluding hydrogens is 303 g/mol. The fourth-order valence-electron chi connectivity index (χ4n) is 1.87. The molecule has 1 fully saturated rings. The van der Waals surface area contributed by atoms with E-state index in [4.69, 9.17) is 8.22 Å². The molecule has 3 unspecified atom stereocenters. The Labute approximate surface area is 116 Å². The molecule has 0 aliphatic heterocycles. The first-order valence-corrected chi connectivity index (χ1v) is 5.04. The molecule has 2 rings (SSSR count). The predicted octanol–water partition coefficient (Wildman–Crippen LogP) is 4.67. The first kappa shape index (κ1) is 9.19. The van der Waals surface area contributed by atoms with Crippen LogP contribution in [0.5, 0.6) is 0 Å². The van der Waals surface area contributed by atoms with E-state index in [1.807, 2.05) is 0 Å². The van der Waals surface area contributed by atoms with Gasteiger partial charge >= 0.3 is 23.9 Å². The Bertz CT molecular complexity index is 672. The van der Waals surface area contributed by atoms with Gasteiger partial charge in [-0.1, -0.05) is 12.1 Å². The summed E-state index contributed by atoms with van der Waals surface area (Å²) in [5.41, 5.74) is 0. The van der Waals surface area contributed by atoms with E-state index < -0.39 is 66.5 Å². The number of hydrogen-bond acceptors (Lipinski definition) is 0. The van der Waals surface area contributed by atoms with Crippen molar-refractivity contribution >= 4 is 0 Å². The maximum Gasteiger partial charge on any atom is 0.460 e. The molecule has 0 aromatic rings. The Morgan fingerprint density at radius 3 is 1.90 bits per heavy atom. The molecule has 0 nitrogen and oxygen atoms in total. The van der Waals surface area contributed by atoms with Crippen molar-refractivity contribution in [2.75, 3.05) is 0 Å². The van der Waals surface area contributed by atoms with Crippen LogP contribution < -0.4 is 0 Å². The van der Waals surface area contributed by atoms with E-state index >= 15 is 0 Å². The second-order valence-corrected chi connectivity index (χ2v) is 4.29. The topological polar surface area (TPSA) is 0 Å². The van der Waals surface area contributed by atoms with E-state index in [1.54, 1.807) is 0 Å². The molecular formula is C11H9F9. The number of hydrogen-bond donors (Lipinski definition) is 0. The lowest BCUT2D eigenvalue weighted by Gasteiger charge is -2.38. The maximum atomic E-state index is 14.2. The van der Waals surface area contributed by atoms with Gasteiger partial charge in [-0.25, -0.2) is 0 Å². The Morgan fingerprint density at radius 2 is 1.50 bits per heavy atom. The SMILES string of the molecule is [2H]C1=C([2H])C2([2H])C(C(F)(F)C(F)(F)C(F)(F)C(F)(F)F)CC1([2H])C2([2H])[2H]. The number of fused-ring (bicyclic) bond motifs is 2. The molecule has 0 radical (unpaired) electrons. The van der Waals surface area contributed by atoms with Gasteiger partial charge in [0.25, 0.3) is 0 Å². The molecule has 116 valence electrons. The van der Waals surface area contributed by atoms with Gasteiger partial charge in [-0.05, 0) is 24.6 Å². The summed E-state index contributed by atoms with van der Waals surface area (Å²) in [5.74, 6) is -31.1. The summed E-state index contributed by atoms with van der Waals surface area (Å²) in [6.07, 6.45) is -12.4. The molecule has 0 spiro atoms. The lowest BCUT2D eigenvalue weighted by atomic mass is 9.82. The molecule has 0 aromatic heterocycles. The Balaban J connectivity index is 2.66. The van der Waals surface area contributed by atoms with Gasteiger partial charge in [0.1, 0.15) is 0 Å². The van der Waals surface area contributed by atoms with Crippen LogP contribution in [0.2, 0.25) is 0 Å². The van der Waals surface area contributed by atoms with Crippen LogP contribution in [0, 0.1) is 17.7 Å². The lowest BCUT2D eigenvalue weighted by molar-refractivity contribution is -0.404. The van der Waals surface area contributed by atoms with Crippen molar-refractivity contribution in [2.24, 2.45) is 17.7 Å². The molecule has 2 aliphatic rings. The summed E-state index contributed by atoms with van der Waals surface area (Å²) < 4.78 is 163. The van der Waals surface area contributed by atoms with Crippen LogP contribution in [-0.4, -0.2) is 23.9 Å². The highest BCUT2D eigenvalue weighted by Crippen LogP contribution is 2.60. The molecule has 2 bridgehead atoms. The van der Waals surface area contributed by atoms with Gasteiger partial charge in [0.2, 0.25) is 0 Å². The van der Waals surface area contributed by atoms with Crippen molar-refractivity contribution in [3.05, 3.63) is 12.1 Å². The van der Waals surface area contributed by atoms with Crippen molar-refractivity contribution in [2.45, 2.75) is 36.7 Å². The average Bonchev–Trinajstić information content (AvgIpc) is 2.67. The summed E-state index contributed by atoms with van der Waals surface area (Å²) >= 11 is 0. The van der Waals surface area contributed by atoms with Gasteiger partial charge in [0, 0.05) is 11.4 Å². The van der Waals surface area contributed by atoms with Gasteiger partial charge in [-0.3, -0.25) is 0 Å². The Kier molecular flexibility index (Phi) is 1.87. The summed E-state index contributed by atoms with van der Waals surface area (Å²) in [6, 6.07) is -2.94. The Morgan fingerprint density at radius 1 is 0.950 bits per heavy atom. The van der Waals surface area contributed by atoms with Crippen LogP contribution in [0.4, 0.5) is 39.5 Å². The maximum absolute atomic E-state index is 14.2. The second kappa shape index (κ2) is 4.07. The lowest BCUT2D eigenvalue weighted by Crippen LogP contribution is -2.63. The largest absolute Gasteiger partial charge is 0.460 e. The van der Waals surface area contributed by atoms with Gasteiger partial charge in [0.05, 0.1) is 2.74 Å². The predicted molar refractivity (Wildman–Crippen MR) is 49.7 cm³/mol. The quantitative estimate of drug-likeness (QED) is 0.524. The molecule has 3 atom stereocenters. The van der Waals surface area contributed by atoms with Crippen LogP contribution in [0.3, 0.4) is 0 Å². The third-order valence-electron chi connectivity index (χ3n) is 3.00. The van der Waals surface area contributed by atoms with E-state index in [1.165, 1.54) is 0 Å². The molecule has 0 saturated heterocycles. The molecule has 0 amide bonds. The highest BCUT2D eigenvalue weighted by atomic mass is 19.4. The average molecular weight is 318 g/mol. The zero-order valence-corrected chi connectivity index (χ0v) is 9.19. The summed E-state index contributed by atoms with van der Waals surface area (Å²) in [4.78, 5) is 0. The summed E-state index contributed by atoms with van der Waals surface area (Å²) in [7, 11) is 0. The Hall–Kier alpha value is -0.890. The van der Waals surface area contributed by atoms with Gasteiger partial charge in [0.15, 0.2) is 0 Å². The standard InChI is InChI=1S/C11H9F9/c12-8(13,7-4-5-1-2-6(7)3-5)9(14,15)10(16,17)11(18,19)20/h1-2,5-7H,3-4H2/i1D,2D,3D2,5D,6D. The first-order valence-electron chi connectivity index (χ1n) is 8.04. The number of rotatable bonds is 3. The summed E-state index contributed by atoms with van der Waals surface area (Å²) in [5, 5.41) is 0. The summed E-state index contributed by atoms with van der Waals surface area (Å²) in [6.45, 7) is 0. The van der Waals surface area contributed by atoms with E-state index in [0.717, 1.165) is 0 Å². The molecule has 1 saturated carbocycles. The monoisotopic (exact) mass is 318 g/mol. The fraction of sp³-hybridized carbons (Fsp3) is 0.818. The highest BCUT2D eigenvalue weighted by Gasteiger charge is 2.83. The van der Waals surface area contributed by atoms with Gasteiger partial charge < -0.3 is 0 Å². The van der Waals surface area contributed by atoms with Crippen molar-refractivity contribution in [3.63, 3.8) is 0 Å². The van der Waals surface area contributed by atoms with E-state index in [2.05, 4.69) is 0 Å². The van der Waals surface area contributed by atoms with Crippen LogP contribution >= 0.6 is 0 Å². The van der Waals surface area contributed by atoms with Crippen LogP contribution in [0.1, 0.15) is 21.0 Å². The smallest absolute Gasteiger partial charge is 0.199 e. The fourth-order valence-corrected chi connectivity index (χ4v) is 1.87. The molecule has 20 heavy (non-hydrogen) atoms. The van der Waals surface area contributed by atoms with Gasteiger partial charge in [-0.15, -0.1) is 0 Å². The van der Waals surface area contributed by atoms with E-state index in [-0.39, 0.29) is 0 Å². The molecule has 0 N–H and O–H groups in total. The normalized spacial score (nSPS) is 46.4. The molecule has 0 aromatic carbocycles. The van der Waals surface area contributed by atoms with Crippen molar-refractivity contribution in [1.29, 1.82) is 0 Å². The van der Waals surface area contributed by atoms with E-state index in [9.17, 15) is 39.5 Å². The van der Waals surface area contributed by atoms with Crippen molar-refractivity contribution in [1.82, 2.24) is 0 Å². The highest BCUT2D eigenvalue weighted by molar-refractivity contribution is 5.16. The number of halogens is 9. The third kappa shape index (κ3) is 1.84. The van der Waals surface area contributed by atoms with Gasteiger partial charge in [-0.2, -0.15) is 39.5 Å². The molecule has 0 heterocycles. The first-order chi connectivity index (χ1) is 11.2. The molecule has 2 aliphatic carbocycles. The van der Waals surface area contributed by atoms with Crippen molar-refractivity contribution in [3.8, 4) is 0 Å². The molecule has 9 heteroatoms.